The van der Waals surface area contributed by atoms with Crippen molar-refractivity contribution >= 4 is 17.8 Å². The van der Waals surface area contributed by atoms with E-state index in [4.69, 9.17) is 0 Å². The normalized spacial score (nSPS) is 14.4. The minimum absolute atomic E-state index is 0.0524. The molecule has 146 valence electrons. The average Bonchev–Trinajstić information content (AvgIpc) is 2.78. The van der Waals surface area contributed by atoms with E-state index in [2.05, 4.69) is 40.0 Å². The van der Waals surface area contributed by atoms with Gasteiger partial charge < -0.3 is 9.80 Å². The first-order valence-electron chi connectivity index (χ1n) is 9.85. The van der Waals surface area contributed by atoms with Crippen LogP contribution in [0.2, 0.25) is 0 Å². The Labute approximate surface area is 171 Å². The van der Waals surface area contributed by atoms with E-state index in [0.717, 1.165) is 35.7 Å². The highest BCUT2D eigenvalue weighted by atomic mass is 16.2. The maximum Gasteiger partial charge on any atom is 0.246 e. The van der Waals surface area contributed by atoms with Crippen LogP contribution < -0.4 is 4.90 Å². The summed E-state index contributed by atoms with van der Waals surface area (Å²) >= 11 is 0. The lowest BCUT2D eigenvalue weighted by Crippen LogP contribution is -2.48. The van der Waals surface area contributed by atoms with Crippen molar-refractivity contribution in [2.45, 2.75) is 6.92 Å². The zero-order valence-corrected chi connectivity index (χ0v) is 16.5. The van der Waals surface area contributed by atoms with Gasteiger partial charge in [0, 0.05) is 43.9 Å². The molecule has 0 bridgehead atoms. The first-order chi connectivity index (χ1) is 14.2. The number of hydrogen-bond acceptors (Lipinski definition) is 4. The molecule has 0 radical (unpaired) electrons. The molecule has 0 spiro atoms. The van der Waals surface area contributed by atoms with Crippen LogP contribution in [0, 0.1) is 6.92 Å². The van der Waals surface area contributed by atoms with E-state index in [1.807, 2.05) is 53.4 Å². The van der Waals surface area contributed by atoms with E-state index < -0.39 is 0 Å². The molecule has 1 amide bonds. The molecule has 2 aromatic carbocycles. The van der Waals surface area contributed by atoms with Crippen molar-refractivity contribution in [2.75, 3.05) is 31.1 Å². The molecule has 1 aromatic heterocycles. The number of rotatable bonds is 4. The Morgan fingerprint density at radius 1 is 0.931 bits per heavy atom. The lowest BCUT2D eigenvalue weighted by Gasteiger charge is -2.35. The monoisotopic (exact) mass is 384 g/mol. The van der Waals surface area contributed by atoms with Crippen LogP contribution in [0.1, 0.15) is 11.1 Å². The second kappa shape index (κ2) is 8.69. The van der Waals surface area contributed by atoms with Gasteiger partial charge in [0.15, 0.2) is 0 Å². The van der Waals surface area contributed by atoms with Crippen LogP contribution >= 0.6 is 0 Å². The summed E-state index contributed by atoms with van der Waals surface area (Å²) in [4.78, 5) is 25.5. The van der Waals surface area contributed by atoms with Crippen LogP contribution in [-0.2, 0) is 4.79 Å². The number of aryl methyl sites for hydroxylation is 1. The van der Waals surface area contributed by atoms with Crippen LogP contribution in [0.3, 0.4) is 0 Å². The summed E-state index contributed by atoms with van der Waals surface area (Å²) in [7, 11) is 0. The Morgan fingerprint density at radius 3 is 2.48 bits per heavy atom. The van der Waals surface area contributed by atoms with E-state index in [9.17, 15) is 4.79 Å². The first kappa shape index (κ1) is 18.9. The third kappa shape index (κ3) is 4.69. The zero-order valence-electron chi connectivity index (χ0n) is 16.5. The Hall–Kier alpha value is -3.47. The maximum absolute atomic E-state index is 12.5. The summed E-state index contributed by atoms with van der Waals surface area (Å²) in [5.74, 6) is 0.958. The van der Waals surface area contributed by atoms with Crippen LogP contribution in [0.15, 0.2) is 73.1 Å². The second-order valence-corrected chi connectivity index (χ2v) is 7.19. The first-order valence-corrected chi connectivity index (χ1v) is 9.85. The lowest BCUT2D eigenvalue weighted by molar-refractivity contribution is -0.126. The predicted molar refractivity (Wildman–Crippen MR) is 116 cm³/mol. The molecule has 5 heteroatoms. The molecule has 4 rings (SSSR count). The molecule has 2 heterocycles. The largest absolute Gasteiger partial charge is 0.353 e. The summed E-state index contributed by atoms with van der Waals surface area (Å²) in [6.45, 7) is 4.96. The fourth-order valence-electron chi connectivity index (χ4n) is 3.48. The number of carbonyl (C=O) groups is 1. The van der Waals surface area contributed by atoms with E-state index in [1.165, 1.54) is 5.56 Å². The number of benzene rings is 2. The van der Waals surface area contributed by atoms with Crippen molar-refractivity contribution in [3.63, 3.8) is 0 Å². The molecule has 1 aliphatic rings. The Balaban J connectivity index is 1.39. The number of aromatic nitrogens is 2. The summed E-state index contributed by atoms with van der Waals surface area (Å²) in [5, 5.41) is 0. The maximum atomic E-state index is 12.5. The Morgan fingerprint density at radius 2 is 1.72 bits per heavy atom. The summed E-state index contributed by atoms with van der Waals surface area (Å²) in [5.41, 5.74) is 4.25. The highest BCUT2D eigenvalue weighted by Crippen LogP contribution is 2.22. The van der Waals surface area contributed by atoms with E-state index in [-0.39, 0.29) is 5.91 Å². The van der Waals surface area contributed by atoms with E-state index in [0.29, 0.717) is 13.1 Å². The average molecular weight is 384 g/mol. The molecule has 3 aromatic rings. The SMILES string of the molecule is Cc1cccc(-c2cc(N3CCN(C(=O)/C=C/c4ccccc4)CC3)ncn2)c1. The Bertz CT molecular complexity index is 1010. The van der Waals surface area contributed by atoms with Crippen molar-refractivity contribution < 1.29 is 4.79 Å². The molecular weight excluding hydrogens is 360 g/mol. The van der Waals surface area contributed by atoms with Crippen LogP contribution in [0.4, 0.5) is 5.82 Å². The minimum Gasteiger partial charge on any atom is -0.353 e. The van der Waals surface area contributed by atoms with Crippen molar-refractivity contribution in [1.82, 2.24) is 14.9 Å². The number of hydrogen-bond donors (Lipinski definition) is 0. The van der Waals surface area contributed by atoms with Gasteiger partial charge in [-0.1, -0.05) is 54.1 Å². The fourth-order valence-corrected chi connectivity index (χ4v) is 3.48. The molecule has 0 saturated carbocycles. The molecule has 0 aliphatic carbocycles. The standard InChI is InChI=1S/C24H24N4O/c1-19-6-5-9-21(16-19)22-17-23(26-18-25-22)27-12-14-28(15-13-27)24(29)11-10-20-7-3-2-4-8-20/h2-11,16-18H,12-15H2,1H3/b11-10+. The minimum atomic E-state index is 0.0524. The highest BCUT2D eigenvalue weighted by Gasteiger charge is 2.21. The molecule has 0 atom stereocenters. The molecule has 29 heavy (non-hydrogen) atoms. The number of anilines is 1. The van der Waals surface area contributed by atoms with Crippen molar-refractivity contribution in [3.05, 3.63) is 84.2 Å². The fraction of sp³-hybridized carbons (Fsp3) is 0.208. The second-order valence-electron chi connectivity index (χ2n) is 7.19. The van der Waals surface area contributed by atoms with Crippen molar-refractivity contribution in [3.8, 4) is 11.3 Å². The summed E-state index contributed by atoms with van der Waals surface area (Å²) in [6, 6.07) is 20.2. The van der Waals surface area contributed by atoms with Gasteiger partial charge in [-0.05, 0) is 24.6 Å². The molecular formula is C24H24N4O. The Kier molecular flexibility index (Phi) is 5.66. The van der Waals surface area contributed by atoms with Gasteiger partial charge >= 0.3 is 0 Å². The third-order valence-electron chi connectivity index (χ3n) is 5.10. The zero-order chi connectivity index (χ0) is 20.1. The van der Waals surface area contributed by atoms with E-state index in [1.54, 1.807) is 12.4 Å². The summed E-state index contributed by atoms with van der Waals surface area (Å²) in [6.07, 6.45) is 5.14. The highest BCUT2D eigenvalue weighted by molar-refractivity contribution is 5.92. The van der Waals surface area contributed by atoms with Gasteiger partial charge in [0.2, 0.25) is 5.91 Å². The number of amides is 1. The van der Waals surface area contributed by atoms with Gasteiger partial charge in [0.05, 0.1) is 5.69 Å². The molecule has 1 fully saturated rings. The van der Waals surface area contributed by atoms with Gasteiger partial charge in [-0.25, -0.2) is 9.97 Å². The number of piperazine rings is 1. The van der Waals surface area contributed by atoms with Gasteiger partial charge in [0.1, 0.15) is 12.1 Å². The number of nitrogens with zero attached hydrogens (tertiary/aromatic N) is 4. The smallest absolute Gasteiger partial charge is 0.246 e. The molecule has 1 saturated heterocycles. The molecule has 1 aliphatic heterocycles. The van der Waals surface area contributed by atoms with Crippen molar-refractivity contribution in [1.29, 1.82) is 0 Å². The predicted octanol–water partition coefficient (Wildman–Crippen LogP) is 3.81. The summed E-state index contributed by atoms with van der Waals surface area (Å²) < 4.78 is 0. The molecule has 0 unspecified atom stereocenters. The van der Waals surface area contributed by atoms with Crippen LogP contribution in [0.5, 0.6) is 0 Å². The molecule has 5 nitrogen and oxygen atoms in total. The van der Waals surface area contributed by atoms with Crippen LogP contribution in [0.25, 0.3) is 17.3 Å². The topological polar surface area (TPSA) is 49.3 Å². The van der Waals surface area contributed by atoms with Crippen LogP contribution in [-0.4, -0.2) is 47.0 Å². The van der Waals surface area contributed by atoms with Crippen molar-refractivity contribution in [2.24, 2.45) is 0 Å². The lowest BCUT2D eigenvalue weighted by atomic mass is 10.1. The van der Waals surface area contributed by atoms with Gasteiger partial charge in [-0.15, -0.1) is 0 Å². The van der Waals surface area contributed by atoms with Gasteiger partial charge in [0.25, 0.3) is 0 Å². The quantitative estimate of drug-likeness (QED) is 0.642. The number of carbonyl (C=O) groups excluding carboxylic acids is 1. The molecule has 0 N–H and O–H groups in total. The van der Waals surface area contributed by atoms with Gasteiger partial charge in [-0.2, -0.15) is 0 Å². The third-order valence-corrected chi connectivity index (χ3v) is 5.10. The van der Waals surface area contributed by atoms with Gasteiger partial charge in [-0.3, -0.25) is 4.79 Å². The van der Waals surface area contributed by atoms with E-state index >= 15 is 0 Å².